The minimum Gasteiger partial charge on any atom is -0.457 e. The predicted octanol–water partition coefficient (Wildman–Crippen LogP) is 3.92. The molecule has 1 aliphatic carbocycles. The molecule has 4 rings (SSSR count). The summed E-state index contributed by atoms with van der Waals surface area (Å²) in [5, 5.41) is 4.53. The van der Waals surface area contributed by atoms with Gasteiger partial charge in [-0.05, 0) is 49.9 Å². The normalized spacial score (nSPS) is 21.8. The molecule has 1 fully saturated rings. The van der Waals surface area contributed by atoms with Gasteiger partial charge in [0.1, 0.15) is 5.76 Å². The molecule has 0 aliphatic heterocycles. The number of rotatable bonds is 4. The standard InChI is InChI=1S/C18H21N3OS/c19-12-5-7-13(8-6-12)20-11-14-9-10-16(22-14)18-21-15-3-1-2-4-17(15)23-18/h1-4,9-10,12-13,20H,5-8,11,19H2. The van der Waals surface area contributed by atoms with Crippen LogP contribution in [0.4, 0.5) is 0 Å². The van der Waals surface area contributed by atoms with E-state index in [4.69, 9.17) is 10.2 Å². The van der Waals surface area contributed by atoms with Gasteiger partial charge in [-0.25, -0.2) is 4.98 Å². The average Bonchev–Trinajstić information content (AvgIpc) is 3.21. The Morgan fingerprint density at radius 2 is 1.96 bits per heavy atom. The van der Waals surface area contributed by atoms with Crippen molar-refractivity contribution in [1.29, 1.82) is 0 Å². The zero-order valence-electron chi connectivity index (χ0n) is 13.0. The van der Waals surface area contributed by atoms with Crippen molar-refractivity contribution in [3.05, 3.63) is 42.2 Å². The monoisotopic (exact) mass is 327 g/mol. The lowest BCUT2D eigenvalue weighted by molar-refractivity contribution is 0.332. The van der Waals surface area contributed by atoms with Crippen molar-refractivity contribution in [1.82, 2.24) is 10.3 Å². The van der Waals surface area contributed by atoms with E-state index in [1.807, 2.05) is 30.3 Å². The maximum Gasteiger partial charge on any atom is 0.163 e. The Morgan fingerprint density at radius 3 is 2.78 bits per heavy atom. The molecule has 5 heteroatoms. The molecule has 1 saturated carbocycles. The number of hydrogen-bond donors (Lipinski definition) is 2. The van der Waals surface area contributed by atoms with Gasteiger partial charge in [-0.2, -0.15) is 0 Å². The van der Waals surface area contributed by atoms with Gasteiger partial charge in [-0.1, -0.05) is 12.1 Å². The number of fused-ring (bicyclic) bond motifs is 1. The second kappa shape index (κ2) is 6.43. The molecule has 1 aliphatic rings. The zero-order valence-corrected chi connectivity index (χ0v) is 13.8. The van der Waals surface area contributed by atoms with Gasteiger partial charge < -0.3 is 15.5 Å². The molecule has 23 heavy (non-hydrogen) atoms. The highest BCUT2D eigenvalue weighted by Gasteiger charge is 2.18. The first-order valence-corrected chi connectivity index (χ1v) is 9.03. The first kappa shape index (κ1) is 14.9. The van der Waals surface area contributed by atoms with E-state index in [0.29, 0.717) is 12.1 Å². The van der Waals surface area contributed by atoms with Gasteiger partial charge in [0, 0.05) is 12.1 Å². The van der Waals surface area contributed by atoms with Crippen LogP contribution in [0.15, 0.2) is 40.8 Å². The number of hydrogen-bond acceptors (Lipinski definition) is 5. The molecule has 4 nitrogen and oxygen atoms in total. The molecule has 0 unspecified atom stereocenters. The fourth-order valence-electron chi connectivity index (χ4n) is 3.13. The molecule has 120 valence electrons. The molecule has 0 radical (unpaired) electrons. The highest BCUT2D eigenvalue weighted by Crippen LogP contribution is 2.31. The van der Waals surface area contributed by atoms with Crippen molar-refractivity contribution >= 4 is 21.6 Å². The molecule has 1 aromatic carbocycles. The summed E-state index contributed by atoms with van der Waals surface area (Å²) in [6.45, 7) is 0.769. The van der Waals surface area contributed by atoms with Crippen molar-refractivity contribution in [3.63, 3.8) is 0 Å². The van der Waals surface area contributed by atoms with Gasteiger partial charge in [0.05, 0.1) is 16.8 Å². The van der Waals surface area contributed by atoms with E-state index in [9.17, 15) is 0 Å². The third-order valence-corrected chi connectivity index (χ3v) is 5.55. The summed E-state index contributed by atoms with van der Waals surface area (Å²) in [5.41, 5.74) is 6.98. The third kappa shape index (κ3) is 3.32. The van der Waals surface area contributed by atoms with Crippen LogP contribution in [0.3, 0.4) is 0 Å². The smallest absolute Gasteiger partial charge is 0.163 e. The SMILES string of the molecule is NC1CCC(NCc2ccc(-c3nc4ccccc4s3)o2)CC1. The maximum absolute atomic E-state index is 5.97. The summed E-state index contributed by atoms with van der Waals surface area (Å²) in [5.74, 6) is 1.82. The Balaban J connectivity index is 1.42. The number of para-hydroxylation sites is 1. The number of aromatic nitrogens is 1. The second-order valence-electron chi connectivity index (χ2n) is 6.25. The summed E-state index contributed by atoms with van der Waals surface area (Å²) >= 11 is 1.67. The van der Waals surface area contributed by atoms with Gasteiger partial charge in [0.25, 0.3) is 0 Å². The number of nitrogens with one attached hydrogen (secondary N) is 1. The summed E-state index contributed by atoms with van der Waals surface area (Å²) in [7, 11) is 0. The van der Waals surface area contributed by atoms with Crippen LogP contribution in [-0.4, -0.2) is 17.1 Å². The van der Waals surface area contributed by atoms with Crippen LogP contribution in [0.25, 0.3) is 21.0 Å². The molecule has 0 spiro atoms. The molecule has 0 saturated heterocycles. The van der Waals surface area contributed by atoms with Gasteiger partial charge in [-0.3, -0.25) is 0 Å². The molecule has 2 aromatic heterocycles. The van der Waals surface area contributed by atoms with Crippen molar-refractivity contribution in [3.8, 4) is 10.8 Å². The van der Waals surface area contributed by atoms with Crippen molar-refractivity contribution in [2.45, 2.75) is 44.3 Å². The van der Waals surface area contributed by atoms with Crippen LogP contribution in [0, 0.1) is 0 Å². The van der Waals surface area contributed by atoms with E-state index in [0.717, 1.165) is 54.3 Å². The molecule has 0 bridgehead atoms. The summed E-state index contributed by atoms with van der Waals surface area (Å²) in [4.78, 5) is 4.65. The molecule has 3 N–H and O–H groups in total. The van der Waals surface area contributed by atoms with E-state index in [2.05, 4.69) is 16.4 Å². The average molecular weight is 327 g/mol. The second-order valence-corrected chi connectivity index (χ2v) is 7.28. The first-order chi connectivity index (χ1) is 11.3. The van der Waals surface area contributed by atoms with Crippen LogP contribution in [-0.2, 0) is 6.54 Å². The van der Waals surface area contributed by atoms with Crippen LogP contribution in [0.5, 0.6) is 0 Å². The Kier molecular flexibility index (Phi) is 4.16. The van der Waals surface area contributed by atoms with Gasteiger partial charge >= 0.3 is 0 Å². The van der Waals surface area contributed by atoms with Crippen LogP contribution >= 0.6 is 11.3 Å². The number of thiazole rings is 1. The Labute approximate surface area is 139 Å². The van der Waals surface area contributed by atoms with Gasteiger partial charge in [-0.15, -0.1) is 11.3 Å². The van der Waals surface area contributed by atoms with E-state index >= 15 is 0 Å². The molecule has 3 aromatic rings. The number of furan rings is 1. The molecular formula is C18H21N3OS. The fourth-order valence-corrected chi connectivity index (χ4v) is 4.06. The minimum absolute atomic E-state index is 0.391. The van der Waals surface area contributed by atoms with E-state index < -0.39 is 0 Å². The summed E-state index contributed by atoms with van der Waals surface area (Å²) in [6.07, 6.45) is 4.55. The lowest BCUT2D eigenvalue weighted by atomic mass is 9.92. The quantitative estimate of drug-likeness (QED) is 0.762. The summed E-state index contributed by atoms with van der Waals surface area (Å²) in [6, 6.07) is 13.2. The molecular weight excluding hydrogens is 306 g/mol. The lowest BCUT2D eigenvalue weighted by Crippen LogP contribution is -2.36. The van der Waals surface area contributed by atoms with Crippen LogP contribution < -0.4 is 11.1 Å². The van der Waals surface area contributed by atoms with E-state index in [1.54, 1.807) is 11.3 Å². The Hall–Kier alpha value is -1.69. The zero-order chi connectivity index (χ0) is 15.6. The Morgan fingerprint density at radius 1 is 1.13 bits per heavy atom. The lowest BCUT2D eigenvalue weighted by Gasteiger charge is -2.26. The number of nitrogens with zero attached hydrogens (tertiary/aromatic N) is 1. The molecule has 2 heterocycles. The Bertz CT molecular complexity index is 753. The highest BCUT2D eigenvalue weighted by molar-refractivity contribution is 7.21. The molecule has 0 amide bonds. The maximum atomic E-state index is 5.97. The van der Waals surface area contributed by atoms with Gasteiger partial charge in [0.2, 0.25) is 0 Å². The van der Waals surface area contributed by atoms with Crippen molar-refractivity contribution in [2.24, 2.45) is 5.73 Å². The fraction of sp³-hybridized carbons (Fsp3) is 0.389. The highest BCUT2D eigenvalue weighted by atomic mass is 32.1. The third-order valence-electron chi connectivity index (χ3n) is 4.50. The summed E-state index contributed by atoms with van der Waals surface area (Å²) < 4.78 is 7.16. The number of nitrogens with two attached hydrogens (primary N) is 1. The predicted molar refractivity (Wildman–Crippen MR) is 94.4 cm³/mol. The van der Waals surface area contributed by atoms with Crippen LogP contribution in [0.1, 0.15) is 31.4 Å². The van der Waals surface area contributed by atoms with Crippen molar-refractivity contribution < 1.29 is 4.42 Å². The largest absolute Gasteiger partial charge is 0.457 e. The minimum atomic E-state index is 0.391. The van der Waals surface area contributed by atoms with E-state index in [-0.39, 0.29) is 0 Å². The van der Waals surface area contributed by atoms with Crippen LogP contribution in [0.2, 0.25) is 0 Å². The van der Waals surface area contributed by atoms with Crippen molar-refractivity contribution in [2.75, 3.05) is 0 Å². The number of benzene rings is 1. The topological polar surface area (TPSA) is 64.1 Å². The van der Waals surface area contributed by atoms with Gasteiger partial charge in [0.15, 0.2) is 10.8 Å². The first-order valence-electron chi connectivity index (χ1n) is 8.21. The van der Waals surface area contributed by atoms with E-state index in [1.165, 1.54) is 4.70 Å². The molecule has 0 atom stereocenters.